The van der Waals surface area contributed by atoms with Crippen LogP contribution in [0.15, 0.2) is 23.1 Å². The molecule has 3 saturated heterocycles. The summed E-state index contributed by atoms with van der Waals surface area (Å²) >= 11 is 1.19. The van der Waals surface area contributed by atoms with Crippen LogP contribution in [0.25, 0.3) is 11.3 Å². The number of thioether (sulfide) groups is 1. The number of aromatic nitrogens is 2. The van der Waals surface area contributed by atoms with E-state index in [1.165, 1.54) is 28.4 Å². The van der Waals surface area contributed by atoms with Gasteiger partial charge < -0.3 is 14.5 Å². The number of sulfonamides is 1. The number of hydrogen-bond acceptors (Lipinski definition) is 8. The maximum Gasteiger partial charge on any atom is 0.417 e. The van der Waals surface area contributed by atoms with Gasteiger partial charge in [-0.3, -0.25) is 14.4 Å². The molecular formula is C32H45F3N6O4S2. The van der Waals surface area contributed by atoms with Crippen LogP contribution in [0.2, 0.25) is 0 Å². The van der Waals surface area contributed by atoms with Gasteiger partial charge in [-0.15, -0.1) is 11.8 Å². The van der Waals surface area contributed by atoms with Crippen molar-refractivity contribution in [3.63, 3.8) is 0 Å². The molecule has 0 spiro atoms. The van der Waals surface area contributed by atoms with Crippen LogP contribution in [0, 0.1) is 0 Å². The van der Waals surface area contributed by atoms with Crippen LogP contribution in [0.3, 0.4) is 0 Å². The minimum atomic E-state index is -4.50. The molecule has 0 aliphatic carbocycles. The second-order valence-corrected chi connectivity index (χ2v) is 16.1. The number of aryl methyl sites for hydroxylation is 1. The molecule has 2 aromatic rings. The molecular weight excluding hydrogens is 654 g/mol. The first-order chi connectivity index (χ1) is 22.5. The number of carbonyl (C=O) groups excluding carboxylic acids is 1. The summed E-state index contributed by atoms with van der Waals surface area (Å²) in [5.41, 5.74) is 2.16. The Morgan fingerprint density at radius 3 is 2.40 bits per heavy atom. The minimum absolute atomic E-state index is 0.146. The van der Waals surface area contributed by atoms with Gasteiger partial charge in [0.05, 0.1) is 30.7 Å². The van der Waals surface area contributed by atoms with E-state index >= 15 is 0 Å². The molecule has 47 heavy (non-hydrogen) atoms. The summed E-state index contributed by atoms with van der Waals surface area (Å²) in [6.45, 7) is 8.22. The van der Waals surface area contributed by atoms with Crippen LogP contribution < -0.4 is 0 Å². The van der Waals surface area contributed by atoms with Gasteiger partial charge in [0.15, 0.2) is 0 Å². The smallest absolute Gasteiger partial charge is 0.379 e. The van der Waals surface area contributed by atoms with Gasteiger partial charge in [-0.2, -0.15) is 22.6 Å². The number of hydrogen-bond donors (Lipinski definition) is 0. The van der Waals surface area contributed by atoms with Gasteiger partial charge in [0, 0.05) is 105 Å². The van der Waals surface area contributed by atoms with Crippen molar-refractivity contribution in [2.75, 3.05) is 77.6 Å². The Bertz CT molecular complexity index is 1520. The number of morpholine rings is 1. The van der Waals surface area contributed by atoms with Crippen molar-refractivity contribution in [2.24, 2.45) is 0 Å². The lowest BCUT2D eigenvalue weighted by molar-refractivity contribution is -0.139. The van der Waals surface area contributed by atoms with E-state index < -0.39 is 21.8 Å². The molecule has 0 saturated carbocycles. The van der Waals surface area contributed by atoms with E-state index in [9.17, 15) is 26.4 Å². The Hall–Kier alpha value is -2.17. The minimum Gasteiger partial charge on any atom is -0.379 e. The standard InChI is InChI=1S/C32H45F3N6O4S2/c1-47(43,44)39-15-9-28-26(23-39)31(36-41(28)12-3-10-37-13-7-25(8-14-37)40-11-2-4-30(40)42)24-5-6-27(32(33,34)35)29(22-24)46-21-18-38-16-19-45-20-17-38/h5-6,22,25H,2-4,7-21,23H2,1H3. The summed E-state index contributed by atoms with van der Waals surface area (Å²) in [6, 6.07) is 4.52. The third-order valence-corrected chi connectivity index (χ3v) is 12.1. The molecule has 0 radical (unpaired) electrons. The quantitative estimate of drug-likeness (QED) is 0.328. The predicted octanol–water partition coefficient (Wildman–Crippen LogP) is 3.79. The summed E-state index contributed by atoms with van der Waals surface area (Å²) in [7, 11) is -3.46. The number of ether oxygens (including phenoxy) is 1. The first-order valence-corrected chi connectivity index (χ1v) is 19.5. The third-order valence-electron chi connectivity index (χ3n) is 9.85. The average Bonchev–Trinajstić information content (AvgIpc) is 3.64. The van der Waals surface area contributed by atoms with Crippen molar-refractivity contribution in [3.05, 3.63) is 35.0 Å². The number of carbonyl (C=O) groups is 1. The summed E-state index contributed by atoms with van der Waals surface area (Å²) < 4.78 is 76.0. The summed E-state index contributed by atoms with van der Waals surface area (Å²) in [4.78, 5) is 19.0. The topological polar surface area (TPSA) is 91.2 Å². The molecule has 1 amide bonds. The fraction of sp³-hybridized carbons (Fsp3) is 0.688. The Morgan fingerprint density at radius 2 is 1.72 bits per heavy atom. The van der Waals surface area contributed by atoms with E-state index in [1.54, 1.807) is 6.07 Å². The maximum atomic E-state index is 14.1. The molecule has 5 heterocycles. The van der Waals surface area contributed by atoms with E-state index in [1.807, 2.05) is 4.68 Å². The summed E-state index contributed by atoms with van der Waals surface area (Å²) in [5, 5.41) is 4.94. The largest absolute Gasteiger partial charge is 0.417 e. The summed E-state index contributed by atoms with van der Waals surface area (Å²) in [6.07, 6.45) is 1.61. The molecule has 15 heteroatoms. The Kier molecular flexibility index (Phi) is 10.9. The molecule has 0 N–H and O–H groups in total. The monoisotopic (exact) mass is 698 g/mol. The van der Waals surface area contributed by atoms with Gasteiger partial charge in [0.1, 0.15) is 0 Å². The van der Waals surface area contributed by atoms with Crippen molar-refractivity contribution in [3.8, 4) is 11.3 Å². The Balaban J connectivity index is 1.18. The predicted molar refractivity (Wildman–Crippen MR) is 175 cm³/mol. The molecule has 260 valence electrons. The highest BCUT2D eigenvalue weighted by Gasteiger charge is 2.35. The zero-order chi connectivity index (χ0) is 33.2. The fourth-order valence-electron chi connectivity index (χ4n) is 7.25. The number of alkyl halides is 3. The Labute approximate surface area is 279 Å². The molecule has 0 unspecified atom stereocenters. The van der Waals surface area contributed by atoms with Crippen LogP contribution in [0.4, 0.5) is 13.2 Å². The van der Waals surface area contributed by atoms with E-state index in [2.05, 4.69) is 14.7 Å². The lowest BCUT2D eigenvalue weighted by Crippen LogP contribution is -2.45. The second-order valence-electron chi connectivity index (χ2n) is 13.0. The molecule has 6 rings (SSSR count). The van der Waals surface area contributed by atoms with Crippen molar-refractivity contribution >= 4 is 27.7 Å². The fourth-order valence-corrected chi connectivity index (χ4v) is 9.16. The van der Waals surface area contributed by atoms with Gasteiger partial charge in [0.2, 0.25) is 15.9 Å². The average molecular weight is 699 g/mol. The van der Waals surface area contributed by atoms with Crippen LogP contribution in [0.5, 0.6) is 0 Å². The first-order valence-electron chi connectivity index (χ1n) is 16.7. The van der Waals surface area contributed by atoms with Crippen LogP contribution in [-0.2, 0) is 45.2 Å². The molecule has 1 aromatic carbocycles. The van der Waals surface area contributed by atoms with E-state index in [4.69, 9.17) is 9.84 Å². The van der Waals surface area contributed by atoms with E-state index in [0.29, 0.717) is 68.7 Å². The van der Waals surface area contributed by atoms with Gasteiger partial charge in [0.25, 0.3) is 0 Å². The normalized spacial score (nSPS) is 21.1. The maximum absolute atomic E-state index is 14.1. The van der Waals surface area contributed by atoms with Gasteiger partial charge in [-0.1, -0.05) is 6.07 Å². The highest BCUT2D eigenvalue weighted by Crippen LogP contribution is 2.40. The number of nitrogens with zero attached hydrogens (tertiary/aromatic N) is 6. The number of piperidine rings is 1. The number of likely N-dealkylation sites (tertiary alicyclic amines) is 2. The lowest BCUT2D eigenvalue weighted by atomic mass is 10.0. The molecule has 3 fully saturated rings. The Morgan fingerprint density at radius 1 is 0.979 bits per heavy atom. The van der Waals surface area contributed by atoms with Gasteiger partial charge in [-0.05, 0) is 44.4 Å². The van der Waals surface area contributed by atoms with E-state index in [0.717, 1.165) is 82.3 Å². The molecule has 4 aliphatic heterocycles. The van der Waals surface area contributed by atoms with Crippen molar-refractivity contribution in [1.82, 2.24) is 28.8 Å². The summed E-state index contributed by atoms with van der Waals surface area (Å²) in [5.74, 6) is 0.788. The zero-order valence-corrected chi connectivity index (χ0v) is 28.6. The highest BCUT2D eigenvalue weighted by molar-refractivity contribution is 7.99. The zero-order valence-electron chi connectivity index (χ0n) is 27.0. The van der Waals surface area contributed by atoms with Crippen molar-refractivity contribution in [2.45, 2.75) is 68.7 Å². The van der Waals surface area contributed by atoms with Gasteiger partial charge >= 0.3 is 6.18 Å². The number of amides is 1. The first kappa shape index (κ1) is 34.7. The molecule has 0 atom stereocenters. The lowest BCUT2D eigenvalue weighted by Gasteiger charge is -2.36. The van der Waals surface area contributed by atoms with Gasteiger partial charge in [-0.25, -0.2) is 8.42 Å². The number of halogens is 3. The number of benzene rings is 1. The second kappa shape index (κ2) is 14.8. The molecule has 0 bridgehead atoms. The molecule has 4 aliphatic rings. The number of fused-ring (bicyclic) bond motifs is 1. The van der Waals surface area contributed by atoms with Crippen molar-refractivity contribution < 1.29 is 31.1 Å². The molecule has 10 nitrogen and oxygen atoms in total. The SMILES string of the molecule is CS(=O)(=O)N1CCc2c(c(-c3ccc(C(F)(F)F)c(SCCN4CCOCC4)c3)nn2CCCN2CCC(N3CCCC3=O)CC2)C1. The van der Waals surface area contributed by atoms with Crippen LogP contribution in [0.1, 0.15) is 48.9 Å². The number of rotatable bonds is 11. The van der Waals surface area contributed by atoms with E-state index in [-0.39, 0.29) is 17.3 Å². The van der Waals surface area contributed by atoms with Crippen molar-refractivity contribution in [1.29, 1.82) is 0 Å². The van der Waals surface area contributed by atoms with Crippen LogP contribution in [-0.4, -0.2) is 127 Å². The highest BCUT2D eigenvalue weighted by atomic mass is 32.2. The third kappa shape index (κ3) is 8.35. The van der Waals surface area contributed by atoms with Crippen LogP contribution >= 0.6 is 11.8 Å². The molecule has 1 aromatic heterocycles.